The Morgan fingerprint density at radius 3 is 2.69 bits per heavy atom. The Morgan fingerprint density at radius 1 is 1.62 bits per heavy atom. The van der Waals surface area contributed by atoms with Gasteiger partial charge in [0.15, 0.2) is 0 Å². The number of carboxylic acids is 1. The van der Waals surface area contributed by atoms with Crippen LogP contribution in [0.3, 0.4) is 0 Å². The van der Waals surface area contributed by atoms with E-state index in [-0.39, 0.29) is 11.3 Å². The number of aliphatic carboxylic acids is 1. The van der Waals surface area contributed by atoms with E-state index in [2.05, 4.69) is 15.9 Å². The highest BCUT2D eigenvalue weighted by atomic mass is 79.9. The summed E-state index contributed by atoms with van der Waals surface area (Å²) in [6, 6.07) is 2.58. The van der Waals surface area contributed by atoms with E-state index in [0.717, 1.165) is 0 Å². The highest BCUT2D eigenvalue weighted by molar-refractivity contribution is 9.10. The number of nitrogens with zero attached hydrogens (tertiary/aromatic N) is 1. The Bertz CT molecular complexity index is 446. The van der Waals surface area contributed by atoms with Gasteiger partial charge in [-0.1, -0.05) is 0 Å². The molecule has 16 heavy (non-hydrogen) atoms. The van der Waals surface area contributed by atoms with E-state index in [4.69, 9.17) is 9.84 Å². The van der Waals surface area contributed by atoms with Crippen LogP contribution in [0.4, 0.5) is 5.69 Å². The normalized spacial score (nSPS) is 9.88. The number of ether oxygens (including phenoxy) is 1. The molecule has 6 nitrogen and oxygen atoms in total. The van der Waals surface area contributed by atoms with Crippen molar-refractivity contribution >= 4 is 27.6 Å². The third-order valence-corrected chi connectivity index (χ3v) is 2.51. The van der Waals surface area contributed by atoms with Crippen molar-refractivity contribution in [1.82, 2.24) is 0 Å². The summed E-state index contributed by atoms with van der Waals surface area (Å²) in [5, 5.41) is 19.3. The van der Waals surface area contributed by atoms with Crippen molar-refractivity contribution in [1.29, 1.82) is 0 Å². The molecule has 7 heteroatoms. The molecule has 86 valence electrons. The van der Waals surface area contributed by atoms with Crippen LogP contribution in [-0.2, 0) is 11.2 Å². The minimum Gasteiger partial charge on any atom is -0.496 e. The second kappa shape index (κ2) is 4.93. The van der Waals surface area contributed by atoms with Crippen LogP contribution >= 0.6 is 15.9 Å². The summed E-state index contributed by atoms with van der Waals surface area (Å²) in [6.45, 7) is 0. The highest BCUT2D eigenvalue weighted by Crippen LogP contribution is 2.32. The molecule has 0 aromatic heterocycles. The molecule has 0 atom stereocenters. The third-order valence-electron chi connectivity index (χ3n) is 1.89. The minimum atomic E-state index is -1.13. The van der Waals surface area contributed by atoms with E-state index >= 15 is 0 Å². The van der Waals surface area contributed by atoms with Gasteiger partial charge in [0.2, 0.25) is 0 Å². The first-order valence-corrected chi connectivity index (χ1v) is 4.97. The predicted octanol–water partition coefficient (Wildman–Crippen LogP) is 1.99. The molecule has 1 rings (SSSR count). The van der Waals surface area contributed by atoms with Crippen molar-refractivity contribution in [3.63, 3.8) is 0 Å². The molecule has 0 fully saturated rings. The fourth-order valence-electron chi connectivity index (χ4n) is 1.22. The molecular formula is C9H8BrNO5. The Kier molecular flexibility index (Phi) is 3.83. The molecule has 0 radical (unpaired) electrons. The molecule has 0 bridgehead atoms. The first kappa shape index (κ1) is 12.4. The number of halogens is 1. The summed E-state index contributed by atoms with van der Waals surface area (Å²) in [5.41, 5.74) is -0.132. The lowest BCUT2D eigenvalue weighted by Crippen LogP contribution is -2.04. The number of carboxylic acid groups (broad SMARTS) is 1. The number of rotatable bonds is 4. The zero-order valence-corrected chi connectivity index (χ0v) is 9.85. The lowest BCUT2D eigenvalue weighted by Gasteiger charge is -2.06. The van der Waals surface area contributed by atoms with Gasteiger partial charge in [-0.05, 0) is 22.0 Å². The molecule has 0 aliphatic rings. The molecule has 1 aromatic carbocycles. The lowest BCUT2D eigenvalue weighted by molar-refractivity contribution is -0.385. The number of nitro benzene ring substituents is 1. The number of nitro groups is 1. The zero-order chi connectivity index (χ0) is 12.3. The summed E-state index contributed by atoms with van der Waals surface area (Å²) in [6.07, 6.45) is -0.417. The van der Waals surface area contributed by atoms with Gasteiger partial charge < -0.3 is 9.84 Å². The van der Waals surface area contributed by atoms with Gasteiger partial charge in [0.25, 0.3) is 5.69 Å². The first-order valence-electron chi connectivity index (χ1n) is 4.18. The van der Waals surface area contributed by atoms with Gasteiger partial charge in [-0.25, -0.2) is 0 Å². The highest BCUT2D eigenvalue weighted by Gasteiger charge is 2.19. The molecule has 0 spiro atoms. The molecule has 0 heterocycles. The summed E-state index contributed by atoms with van der Waals surface area (Å²) in [7, 11) is 1.40. The van der Waals surface area contributed by atoms with Gasteiger partial charge in [-0.3, -0.25) is 14.9 Å². The maximum absolute atomic E-state index is 10.7. The molecule has 0 saturated heterocycles. The summed E-state index contributed by atoms with van der Waals surface area (Å²) < 4.78 is 5.35. The largest absolute Gasteiger partial charge is 0.496 e. The molecule has 1 aromatic rings. The number of methoxy groups -OCH3 is 1. The Balaban J connectivity index is 3.30. The van der Waals surface area contributed by atoms with Crippen LogP contribution < -0.4 is 4.74 Å². The average molecular weight is 290 g/mol. The number of carbonyl (C=O) groups is 1. The van der Waals surface area contributed by atoms with Crippen molar-refractivity contribution in [2.24, 2.45) is 0 Å². The van der Waals surface area contributed by atoms with Crippen LogP contribution in [0.15, 0.2) is 16.6 Å². The van der Waals surface area contributed by atoms with Gasteiger partial charge in [-0.15, -0.1) is 0 Å². The standard InChI is InChI=1S/C9H8BrNO5/c1-16-8-2-5(3-9(12)13)7(11(14)15)4-6(8)10/h2,4H,3H2,1H3,(H,12,13). The van der Waals surface area contributed by atoms with E-state index in [9.17, 15) is 14.9 Å². The Hall–Kier alpha value is -1.63. The van der Waals surface area contributed by atoms with Gasteiger partial charge >= 0.3 is 5.97 Å². The van der Waals surface area contributed by atoms with Gasteiger partial charge in [0.1, 0.15) is 5.75 Å². The van der Waals surface area contributed by atoms with Gasteiger partial charge in [0, 0.05) is 11.6 Å². The molecule has 0 unspecified atom stereocenters. The fourth-order valence-corrected chi connectivity index (χ4v) is 1.71. The topological polar surface area (TPSA) is 89.7 Å². The second-order valence-electron chi connectivity index (χ2n) is 2.94. The monoisotopic (exact) mass is 289 g/mol. The zero-order valence-electron chi connectivity index (χ0n) is 8.27. The van der Waals surface area contributed by atoms with Crippen LogP contribution in [0.2, 0.25) is 0 Å². The van der Waals surface area contributed by atoms with Crippen molar-refractivity contribution in [2.75, 3.05) is 7.11 Å². The maximum atomic E-state index is 10.7. The maximum Gasteiger partial charge on any atom is 0.308 e. The lowest BCUT2D eigenvalue weighted by atomic mass is 10.1. The SMILES string of the molecule is COc1cc(CC(=O)O)c([N+](=O)[O-])cc1Br. The number of hydrogen-bond donors (Lipinski definition) is 1. The number of benzene rings is 1. The van der Waals surface area contributed by atoms with Crippen LogP contribution in [0.25, 0.3) is 0 Å². The summed E-state index contributed by atoms with van der Waals surface area (Å²) in [4.78, 5) is 20.6. The second-order valence-corrected chi connectivity index (χ2v) is 3.80. The van der Waals surface area contributed by atoms with E-state index < -0.39 is 17.3 Å². The quantitative estimate of drug-likeness (QED) is 0.676. The molecule has 0 amide bonds. The molecule has 0 aliphatic heterocycles. The van der Waals surface area contributed by atoms with E-state index in [1.165, 1.54) is 19.2 Å². The Morgan fingerprint density at radius 2 is 2.25 bits per heavy atom. The Labute approximate surface area is 99.1 Å². The molecular weight excluding hydrogens is 282 g/mol. The smallest absolute Gasteiger partial charge is 0.308 e. The van der Waals surface area contributed by atoms with E-state index in [1.807, 2.05) is 0 Å². The van der Waals surface area contributed by atoms with E-state index in [0.29, 0.717) is 10.2 Å². The van der Waals surface area contributed by atoms with E-state index in [1.54, 1.807) is 0 Å². The third kappa shape index (κ3) is 2.69. The summed E-state index contributed by atoms with van der Waals surface area (Å²) >= 11 is 3.10. The van der Waals surface area contributed by atoms with Crippen LogP contribution in [-0.4, -0.2) is 23.1 Å². The fraction of sp³-hybridized carbons (Fsp3) is 0.222. The number of hydrogen-bond acceptors (Lipinski definition) is 4. The minimum absolute atomic E-state index is 0.109. The predicted molar refractivity (Wildman–Crippen MR) is 58.7 cm³/mol. The average Bonchev–Trinajstić information content (AvgIpc) is 2.19. The molecule has 1 N–H and O–H groups in total. The molecule has 0 aliphatic carbocycles. The van der Waals surface area contributed by atoms with Gasteiger partial charge in [0.05, 0.1) is 22.9 Å². The van der Waals surface area contributed by atoms with Crippen molar-refractivity contribution in [2.45, 2.75) is 6.42 Å². The van der Waals surface area contributed by atoms with Crippen LogP contribution in [0.5, 0.6) is 5.75 Å². The summed E-state index contributed by atoms with van der Waals surface area (Å²) in [5.74, 6) is -0.769. The van der Waals surface area contributed by atoms with Crippen molar-refractivity contribution in [3.8, 4) is 5.75 Å². The van der Waals surface area contributed by atoms with Crippen LogP contribution in [0, 0.1) is 10.1 Å². The van der Waals surface area contributed by atoms with Crippen molar-refractivity contribution in [3.05, 3.63) is 32.3 Å². The van der Waals surface area contributed by atoms with Crippen LogP contribution in [0.1, 0.15) is 5.56 Å². The van der Waals surface area contributed by atoms with Crippen molar-refractivity contribution < 1.29 is 19.6 Å². The molecule has 0 saturated carbocycles. The van der Waals surface area contributed by atoms with Gasteiger partial charge in [-0.2, -0.15) is 0 Å². The first-order chi connectivity index (χ1) is 7.45.